The minimum atomic E-state index is -0.973. The van der Waals surface area contributed by atoms with E-state index in [9.17, 15) is 9.59 Å². The molecule has 130 valence electrons. The maximum absolute atomic E-state index is 12.3. The van der Waals surface area contributed by atoms with Crippen LogP contribution in [0.2, 0.25) is 5.02 Å². The van der Waals surface area contributed by atoms with Gasteiger partial charge in [-0.15, -0.1) is 0 Å². The topological polar surface area (TPSA) is 78.4 Å². The molecule has 3 N–H and O–H groups in total. The molecule has 0 bridgehead atoms. The predicted octanol–water partition coefficient (Wildman–Crippen LogP) is 3.79. The lowest BCUT2D eigenvalue weighted by molar-refractivity contribution is -0.118. The third kappa shape index (κ3) is 4.18. The highest BCUT2D eigenvalue weighted by atomic mass is 35.5. The van der Waals surface area contributed by atoms with E-state index in [1.54, 1.807) is 30.3 Å². The number of carboxylic acid groups (broad SMARTS) is 1. The van der Waals surface area contributed by atoms with Gasteiger partial charge in [0.15, 0.2) is 0 Å². The number of halogens is 1. The number of rotatable bonds is 4. The smallest absolute Gasteiger partial charge is 0.335 e. The van der Waals surface area contributed by atoms with Crippen molar-refractivity contribution < 1.29 is 14.7 Å². The Labute approximate surface area is 151 Å². The number of piperidine rings is 1. The number of hydrogen-bond donors (Lipinski definition) is 3. The summed E-state index contributed by atoms with van der Waals surface area (Å²) >= 11 is 6.28. The normalized spacial score (nSPS) is 17.1. The largest absolute Gasteiger partial charge is 0.478 e. The number of carbonyl (C=O) groups is 2. The lowest BCUT2D eigenvalue weighted by atomic mass is 10.0. The number of amides is 1. The van der Waals surface area contributed by atoms with E-state index in [-0.39, 0.29) is 17.5 Å². The van der Waals surface area contributed by atoms with Crippen LogP contribution in [0.15, 0.2) is 42.5 Å². The van der Waals surface area contributed by atoms with Crippen molar-refractivity contribution in [3.63, 3.8) is 0 Å². The van der Waals surface area contributed by atoms with Crippen molar-refractivity contribution in [1.82, 2.24) is 5.32 Å². The Hall–Kier alpha value is -2.37. The second kappa shape index (κ2) is 7.68. The van der Waals surface area contributed by atoms with E-state index >= 15 is 0 Å². The fourth-order valence-electron chi connectivity index (χ4n) is 2.92. The van der Waals surface area contributed by atoms with Crippen molar-refractivity contribution in [3.8, 4) is 11.1 Å². The van der Waals surface area contributed by atoms with Gasteiger partial charge < -0.3 is 15.7 Å². The molecule has 6 heteroatoms. The highest BCUT2D eigenvalue weighted by molar-refractivity contribution is 6.33. The summed E-state index contributed by atoms with van der Waals surface area (Å²) in [5.41, 5.74) is 2.42. The zero-order valence-electron chi connectivity index (χ0n) is 13.6. The molecule has 0 radical (unpaired) electrons. The lowest BCUT2D eigenvalue weighted by Crippen LogP contribution is -2.43. The van der Waals surface area contributed by atoms with Gasteiger partial charge in [0, 0.05) is 16.3 Å². The first-order chi connectivity index (χ1) is 12.0. The maximum atomic E-state index is 12.3. The molecule has 0 unspecified atom stereocenters. The van der Waals surface area contributed by atoms with Gasteiger partial charge in [-0.2, -0.15) is 0 Å². The summed E-state index contributed by atoms with van der Waals surface area (Å²) in [5.74, 6) is -1.02. The molecule has 0 spiro atoms. The van der Waals surface area contributed by atoms with Gasteiger partial charge in [0.2, 0.25) is 5.91 Å². The van der Waals surface area contributed by atoms with E-state index in [2.05, 4.69) is 10.6 Å². The number of hydrogen-bond acceptors (Lipinski definition) is 3. The van der Waals surface area contributed by atoms with Crippen LogP contribution in [0, 0.1) is 0 Å². The molecule has 2 aromatic rings. The Morgan fingerprint density at radius 3 is 2.52 bits per heavy atom. The fraction of sp³-hybridized carbons (Fsp3) is 0.263. The van der Waals surface area contributed by atoms with Gasteiger partial charge in [0.25, 0.3) is 0 Å². The molecule has 0 aromatic heterocycles. The molecule has 5 nitrogen and oxygen atoms in total. The Morgan fingerprint density at radius 1 is 1.12 bits per heavy atom. The van der Waals surface area contributed by atoms with E-state index in [4.69, 9.17) is 16.7 Å². The van der Waals surface area contributed by atoms with Gasteiger partial charge in [0.05, 0.1) is 11.6 Å². The predicted molar refractivity (Wildman–Crippen MR) is 98.1 cm³/mol. The average molecular weight is 359 g/mol. The summed E-state index contributed by atoms with van der Waals surface area (Å²) in [4.78, 5) is 23.3. The Kier molecular flexibility index (Phi) is 5.36. The van der Waals surface area contributed by atoms with E-state index in [0.29, 0.717) is 10.7 Å². The van der Waals surface area contributed by atoms with Crippen molar-refractivity contribution >= 4 is 29.2 Å². The minimum absolute atomic E-state index is 0.0470. The van der Waals surface area contributed by atoms with Crippen molar-refractivity contribution in [1.29, 1.82) is 0 Å². The van der Waals surface area contributed by atoms with Gasteiger partial charge in [0.1, 0.15) is 0 Å². The molecule has 1 aliphatic heterocycles. The first-order valence-corrected chi connectivity index (χ1v) is 8.60. The van der Waals surface area contributed by atoms with Gasteiger partial charge in [-0.1, -0.05) is 30.2 Å². The minimum Gasteiger partial charge on any atom is -0.478 e. The van der Waals surface area contributed by atoms with Gasteiger partial charge >= 0.3 is 5.97 Å². The van der Waals surface area contributed by atoms with Gasteiger partial charge in [-0.05, 0) is 55.3 Å². The van der Waals surface area contributed by atoms with Gasteiger partial charge in [-0.3, -0.25) is 4.79 Å². The summed E-state index contributed by atoms with van der Waals surface area (Å²) in [6.07, 6.45) is 2.98. The van der Waals surface area contributed by atoms with Crippen LogP contribution >= 0.6 is 11.6 Å². The van der Waals surface area contributed by atoms with Crippen LogP contribution in [0.5, 0.6) is 0 Å². The molecule has 0 saturated carbocycles. The first kappa shape index (κ1) is 17.5. The first-order valence-electron chi connectivity index (χ1n) is 8.22. The fourth-order valence-corrected chi connectivity index (χ4v) is 3.15. The summed E-state index contributed by atoms with van der Waals surface area (Å²) in [6.45, 7) is 0.861. The number of nitrogens with one attached hydrogen (secondary N) is 2. The number of aromatic carboxylic acids is 1. The van der Waals surface area contributed by atoms with Crippen molar-refractivity contribution in [2.24, 2.45) is 0 Å². The van der Waals surface area contributed by atoms with E-state index < -0.39 is 5.97 Å². The monoisotopic (exact) mass is 358 g/mol. The summed E-state index contributed by atoms with van der Waals surface area (Å²) in [6, 6.07) is 11.6. The SMILES string of the molecule is O=C(O)c1ccc(-c2cc(NC(=O)[C@H]3CCCCN3)ccc2Cl)cc1. The van der Waals surface area contributed by atoms with Crippen LogP contribution in [0.1, 0.15) is 29.6 Å². The highest BCUT2D eigenvalue weighted by Gasteiger charge is 2.20. The third-order valence-corrected chi connectivity index (χ3v) is 4.63. The van der Waals surface area contributed by atoms with Crippen LogP contribution in [0.25, 0.3) is 11.1 Å². The van der Waals surface area contributed by atoms with Crippen LogP contribution in [-0.4, -0.2) is 29.6 Å². The second-order valence-electron chi connectivity index (χ2n) is 6.07. The molecule has 2 aromatic carbocycles. The molecule has 1 fully saturated rings. The van der Waals surface area contributed by atoms with E-state index in [1.165, 1.54) is 12.1 Å². The molecular weight excluding hydrogens is 340 g/mol. The maximum Gasteiger partial charge on any atom is 0.335 e. The number of carboxylic acids is 1. The molecule has 25 heavy (non-hydrogen) atoms. The Balaban J connectivity index is 1.80. The van der Waals surface area contributed by atoms with Gasteiger partial charge in [-0.25, -0.2) is 4.79 Å². The Morgan fingerprint density at radius 2 is 1.88 bits per heavy atom. The molecule has 1 heterocycles. The van der Waals surface area contributed by atoms with E-state index in [0.717, 1.165) is 36.9 Å². The highest BCUT2D eigenvalue weighted by Crippen LogP contribution is 2.31. The molecule has 3 rings (SSSR count). The van der Waals surface area contributed by atoms with Crippen LogP contribution in [-0.2, 0) is 4.79 Å². The summed E-state index contributed by atoms with van der Waals surface area (Å²) in [7, 11) is 0. The van der Waals surface area contributed by atoms with Crippen molar-refractivity contribution in [3.05, 3.63) is 53.1 Å². The molecule has 1 amide bonds. The van der Waals surface area contributed by atoms with E-state index in [1.807, 2.05) is 0 Å². The summed E-state index contributed by atoms with van der Waals surface area (Å²) in [5, 5.41) is 15.7. The molecule has 1 aliphatic rings. The lowest BCUT2D eigenvalue weighted by Gasteiger charge is -2.22. The number of benzene rings is 2. The zero-order valence-corrected chi connectivity index (χ0v) is 14.3. The van der Waals surface area contributed by atoms with Crippen LogP contribution in [0.4, 0.5) is 5.69 Å². The van der Waals surface area contributed by atoms with Crippen molar-refractivity contribution in [2.45, 2.75) is 25.3 Å². The Bertz CT molecular complexity index is 784. The summed E-state index contributed by atoms with van der Waals surface area (Å²) < 4.78 is 0. The molecule has 1 atom stereocenters. The molecule has 1 saturated heterocycles. The third-order valence-electron chi connectivity index (χ3n) is 4.30. The van der Waals surface area contributed by atoms with Crippen LogP contribution < -0.4 is 10.6 Å². The van der Waals surface area contributed by atoms with Crippen molar-refractivity contribution in [2.75, 3.05) is 11.9 Å². The molecule has 0 aliphatic carbocycles. The zero-order chi connectivity index (χ0) is 17.8. The second-order valence-corrected chi connectivity index (χ2v) is 6.48. The average Bonchev–Trinajstić information content (AvgIpc) is 2.64. The number of anilines is 1. The molecular formula is C19H19ClN2O3. The number of carbonyl (C=O) groups excluding carboxylic acids is 1. The van der Waals surface area contributed by atoms with Crippen LogP contribution in [0.3, 0.4) is 0 Å². The standard InChI is InChI=1S/C19H19ClN2O3/c20-16-9-8-14(22-18(23)17-3-1-2-10-21-17)11-15(16)12-4-6-13(7-5-12)19(24)25/h4-9,11,17,21H,1-3,10H2,(H,22,23)(H,24,25)/t17-/m1/s1. The quantitative estimate of drug-likeness (QED) is 0.777.